The van der Waals surface area contributed by atoms with E-state index in [1.165, 1.54) is 0 Å². The Hall–Kier alpha value is -2.01. The van der Waals surface area contributed by atoms with Crippen molar-refractivity contribution in [3.63, 3.8) is 0 Å². The van der Waals surface area contributed by atoms with Gasteiger partial charge in [-0.25, -0.2) is 0 Å². The third-order valence-corrected chi connectivity index (χ3v) is 2.83. The van der Waals surface area contributed by atoms with Gasteiger partial charge in [-0.2, -0.15) is 0 Å². The molecular formula is C13H16N2O3. The standard InChI is InChI=1S/C13H16N2O3/c14-10(13(16)17)4-1-7-15-8-2-5-11(15)12-6-3-9-18-12/h2-3,5-6,8-10H,1,4,7,14H2,(H,16,17). The van der Waals surface area contributed by atoms with Crippen LogP contribution in [0.4, 0.5) is 0 Å². The quantitative estimate of drug-likeness (QED) is 0.818. The molecule has 3 N–H and O–H groups in total. The van der Waals surface area contributed by atoms with Crippen molar-refractivity contribution in [2.45, 2.75) is 25.4 Å². The largest absolute Gasteiger partial charge is 0.480 e. The lowest BCUT2D eigenvalue weighted by Crippen LogP contribution is -2.30. The van der Waals surface area contributed by atoms with Gasteiger partial charge in [0, 0.05) is 12.7 Å². The van der Waals surface area contributed by atoms with Crippen molar-refractivity contribution in [2.24, 2.45) is 5.73 Å². The molecule has 0 spiro atoms. The molecule has 1 atom stereocenters. The van der Waals surface area contributed by atoms with Gasteiger partial charge in [-0.15, -0.1) is 0 Å². The summed E-state index contributed by atoms with van der Waals surface area (Å²) in [5.41, 5.74) is 6.45. The van der Waals surface area contributed by atoms with Crippen LogP contribution in [-0.2, 0) is 11.3 Å². The van der Waals surface area contributed by atoms with E-state index in [-0.39, 0.29) is 0 Å². The maximum atomic E-state index is 10.6. The highest BCUT2D eigenvalue weighted by molar-refractivity contribution is 5.72. The normalized spacial score (nSPS) is 12.5. The number of carboxylic acids is 1. The molecule has 18 heavy (non-hydrogen) atoms. The van der Waals surface area contributed by atoms with Crippen molar-refractivity contribution in [1.82, 2.24) is 4.57 Å². The summed E-state index contributed by atoms with van der Waals surface area (Å²) >= 11 is 0. The van der Waals surface area contributed by atoms with Crippen LogP contribution in [0.25, 0.3) is 11.5 Å². The molecule has 0 aliphatic heterocycles. The predicted molar refractivity (Wildman–Crippen MR) is 67.0 cm³/mol. The van der Waals surface area contributed by atoms with Crippen LogP contribution in [0.5, 0.6) is 0 Å². The van der Waals surface area contributed by atoms with Gasteiger partial charge < -0.3 is 19.8 Å². The molecule has 0 fully saturated rings. The van der Waals surface area contributed by atoms with E-state index in [4.69, 9.17) is 15.3 Å². The molecule has 0 aliphatic carbocycles. The predicted octanol–water partition coefficient (Wildman–Crippen LogP) is 1.94. The zero-order valence-corrected chi connectivity index (χ0v) is 9.95. The van der Waals surface area contributed by atoms with Gasteiger partial charge in [0.1, 0.15) is 11.8 Å². The Labute approximate surface area is 105 Å². The molecule has 0 saturated heterocycles. The van der Waals surface area contributed by atoms with Crippen molar-refractivity contribution < 1.29 is 14.3 Å². The van der Waals surface area contributed by atoms with Crippen LogP contribution in [0.15, 0.2) is 41.1 Å². The molecule has 0 radical (unpaired) electrons. The van der Waals surface area contributed by atoms with E-state index in [2.05, 4.69) is 0 Å². The smallest absolute Gasteiger partial charge is 0.320 e. The van der Waals surface area contributed by atoms with Crippen molar-refractivity contribution in [3.8, 4) is 11.5 Å². The second-order valence-corrected chi connectivity index (χ2v) is 4.15. The monoisotopic (exact) mass is 248 g/mol. The maximum Gasteiger partial charge on any atom is 0.320 e. The second-order valence-electron chi connectivity index (χ2n) is 4.15. The van der Waals surface area contributed by atoms with E-state index < -0.39 is 12.0 Å². The van der Waals surface area contributed by atoms with Gasteiger partial charge in [0.15, 0.2) is 0 Å². The number of carboxylic acid groups (broad SMARTS) is 1. The zero-order valence-electron chi connectivity index (χ0n) is 9.95. The van der Waals surface area contributed by atoms with E-state index in [9.17, 15) is 4.79 Å². The fraction of sp³-hybridized carbons (Fsp3) is 0.308. The molecule has 0 bridgehead atoms. The summed E-state index contributed by atoms with van der Waals surface area (Å²) in [6.07, 6.45) is 4.76. The van der Waals surface area contributed by atoms with E-state index in [1.54, 1.807) is 6.26 Å². The summed E-state index contributed by atoms with van der Waals surface area (Å²) < 4.78 is 7.38. The van der Waals surface area contributed by atoms with Crippen molar-refractivity contribution in [1.29, 1.82) is 0 Å². The van der Waals surface area contributed by atoms with Crippen LogP contribution in [0, 0.1) is 0 Å². The number of rotatable bonds is 6. The summed E-state index contributed by atoms with van der Waals surface area (Å²) in [4.78, 5) is 10.6. The van der Waals surface area contributed by atoms with Gasteiger partial charge in [0.05, 0.1) is 12.0 Å². The van der Waals surface area contributed by atoms with Gasteiger partial charge in [-0.05, 0) is 37.1 Å². The first-order valence-electron chi connectivity index (χ1n) is 5.86. The number of nitrogens with two attached hydrogens (primary N) is 1. The van der Waals surface area contributed by atoms with Crippen LogP contribution in [-0.4, -0.2) is 21.7 Å². The molecule has 0 aliphatic rings. The van der Waals surface area contributed by atoms with E-state index in [1.807, 2.05) is 35.0 Å². The minimum Gasteiger partial charge on any atom is -0.480 e. The molecule has 5 heteroatoms. The zero-order chi connectivity index (χ0) is 13.0. The molecular weight excluding hydrogens is 232 g/mol. The highest BCUT2D eigenvalue weighted by Gasteiger charge is 2.11. The van der Waals surface area contributed by atoms with Gasteiger partial charge in [-0.3, -0.25) is 4.79 Å². The highest BCUT2D eigenvalue weighted by atomic mass is 16.4. The SMILES string of the molecule is NC(CCCn1cccc1-c1ccco1)C(=O)O. The number of furan rings is 1. The molecule has 2 heterocycles. The molecule has 2 aromatic heterocycles. The van der Waals surface area contributed by atoms with E-state index in [0.29, 0.717) is 6.42 Å². The summed E-state index contributed by atoms with van der Waals surface area (Å²) in [7, 11) is 0. The Morgan fingerprint density at radius 2 is 2.28 bits per heavy atom. The molecule has 0 aromatic carbocycles. The first-order valence-corrected chi connectivity index (χ1v) is 5.86. The second kappa shape index (κ2) is 5.55. The third kappa shape index (κ3) is 2.81. The first-order chi connectivity index (χ1) is 8.68. The molecule has 2 aromatic rings. The van der Waals surface area contributed by atoms with Crippen molar-refractivity contribution in [2.75, 3.05) is 0 Å². The molecule has 0 saturated carbocycles. The molecule has 96 valence electrons. The lowest BCUT2D eigenvalue weighted by Gasteiger charge is -2.09. The topological polar surface area (TPSA) is 81.4 Å². The number of aliphatic carboxylic acids is 1. The fourth-order valence-electron chi connectivity index (χ4n) is 1.86. The third-order valence-electron chi connectivity index (χ3n) is 2.83. The summed E-state index contributed by atoms with van der Waals surface area (Å²) in [6, 6.07) is 6.86. The number of nitrogens with zero attached hydrogens (tertiary/aromatic N) is 1. The lowest BCUT2D eigenvalue weighted by molar-refractivity contribution is -0.138. The molecule has 5 nitrogen and oxygen atoms in total. The summed E-state index contributed by atoms with van der Waals surface area (Å²) in [5.74, 6) is -0.142. The molecule has 0 amide bonds. The Bertz CT molecular complexity index is 502. The van der Waals surface area contributed by atoms with Crippen LogP contribution in [0.3, 0.4) is 0 Å². The fourth-order valence-corrected chi connectivity index (χ4v) is 1.86. The number of aryl methyl sites for hydroxylation is 1. The van der Waals surface area contributed by atoms with E-state index >= 15 is 0 Å². The maximum absolute atomic E-state index is 10.6. The molecule has 2 rings (SSSR count). The van der Waals surface area contributed by atoms with Crippen LogP contribution in [0.2, 0.25) is 0 Å². The highest BCUT2D eigenvalue weighted by Crippen LogP contribution is 2.20. The summed E-state index contributed by atoms with van der Waals surface area (Å²) in [5, 5.41) is 8.70. The number of aromatic nitrogens is 1. The van der Waals surface area contributed by atoms with Gasteiger partial charge in [0.25, 0.3) is 0 Å². The number of carbonyl (C=O) groups is 1. The van der Waals surface area contributed by atoms with Crippen molar-refractivity contribution >= 4 is 5.97 Å². The average Bonchev–Trinajstić information content (AvgIpc) is 2.98. The average molecular weight is 248 g/mol. The Morgan fingerprint density at radius 3 is 2.94 bits per heavy atom. The van der Waals surface area contributed by atoms with Gasteiger partial charge in [-0.1, -0.05) is 0 Å². The van der Waals surface area contributed by atoms with Crippen molar-refractivity contribution in [3.05, 3.63) is 36.7 Å². The Balaban J connectivity index is 1.95. The van der Waals surface area contributed by atoms with Crippen LogP contribution >= 0.6 is 0 Å². The van der Waals surface area contributed by atoms with Crippen LogP contribution in [0.1, 0.15) is 12.8 Å². The number of hydrogen-bond acceptors (Lipinski definition) is 3. The Morgan fingerprint density at radius 1 is 1.44 bits per heavy atom. The molecule has 1 unspecified atom stereocenters. The van der Waals surface area contributed by atoms with Gasteiger partial charge >= 0.3 is 5.97 Å². The summed E-state index contributed by atoms with van der Waals surface area (Å²) in [6.45, 7) is 0.726. The number of hydrogen-bond donors (Lipinski definition) is 2. The Kier molecular flexibility index (Phi) is 3.84. The minimum absolute atomic E-state index is 0.463. The first kappa shape index (κ1) is 12.4. The van der Waals surface area contributed by atoms with E-state index in [0.717, 1.165) is 24.4 Å². The minimum atomic E-state index is -0.950. The lowest BCUT2D eigenvalue weighted by atomic mass is 10.1. The van der Waals surface area contributed by atoms with Gasteiger partial charge in [0.2, 0.25) is 0 Å². The van der Waals surface area contributed by atoms with Crippen LogP contribution < -0.4 is 5.73 Å².